The summed E-state index contributed by atoms with van der Waals surface area (Å²) in [7, 11) is 0. The standard InChI is InChI=1S/C20H43Cl2O3P/c1-2-3-4-5-6-7-8-9-10-11-12-13-14-15-16-17-18-19-20-25-26(21,22,23)24/h23-24H,2-20H2,1H3. The van der Waals surface area contributed by atoms with E-state index in [0.717, 1.165) is 19.3 Å². The average Bonchev–Trinajstić information content (AvgIpc) is 2.55. The van der Waals surface area contributed by atoms with Crippen LogP contribution in [0.15, 0.2) is 0 Å². The van der Waals surface area contributed by atoms with Gasteiger partial charge in [0.1, 0.15) is 0 Å². The molecular weight excluding hydrogens is 390 g/mol. The molecule has 2 N–H and O–H groups in total. The molecular formula is C20H43Cl2O3P. The van der Waals surface area contributed by atoms with Crippen LogP contribution in [0.2, 0.25) is 0 Å². The van der Waals surface area contributed by atoms with Crippen molar-refractivity contribution >= 4 is 28.5 Å². The van der Waals surface area contributed by atoms with Crippen LogP contribution in [0.1, 0.15) is 122 Å². The van der Waals surface area contributed by atoms with Gasteiger partial charge in [0.2, 0.25) is 0 Å². The van der Waals surface area contributed by atoms with Gasteiger partial charge in [0.05, 0.1) is 0 Å². The minimum absolute atomic E-state index is 0.205. The second kappa shape index (κ2) is 16.8. The third-order valence-electron chi connectivity index (χ3n) is 4.80. The van der Waals surface area contributed by atoms with E-state index in [2.05, 4.69) is 6.92 Å². The zero-order chi connectivity index (χ0) is 19.6. The summed E-state index contributed by atoms with van der Waals surface area (Å²) in [4.78, 5) is 18.2. The monoisotopic (exact) mass is 432 g/mol. The van der Waals surface area contributed by atoms with Gasteiger partial charge in [0, 0.05) is 0 Å². The molecule has 0 aromatic carbocycles. The van der Waals surface area contributed by atoms with E-state index in [-0.39, 0.29) is 6.61 Å². The van der Waals surface area contributed by atoms with Crippen LogP contribution >= 0.6 is 28.5 Å². The fourth-order valence-corrected chi connectivity index (χ4v) is 4.06. The molecule has 0 aliphatic rings. The van der Waals surface area contributed by atoms with Crippen LogP contribution < -0.4 is 0 Å². The fraction of sp³-hybridized carbons (Fsp3) is 1.00. The third-order valence-corrected chi connectivity index (χ3v) is 6.00. The molecule has 0 heterocycles. The SMILES string of the molecule is CCCCCCCCCCCCCCCCCCCCOP(O)(O)(Cl)Cl. The van der Waals surface area contributed by atoms with E-state index in [1.54, 1.807) is 0 Å². The molecule has 0 saturated carbocycles. The van der Waals surface area contributed by atoms with Crippen molar-refractivity contribution in [2.24, 2.45) is 0 Å². The van der Waals surface area contributed by atoms with Gasteiger partial charge in [0.25, 0.3) is 0 Å². The molecule has 6 heteroatoms. The van der Waals surface area contributed by atoms with Gasteiger partial charge in [-0.1, -0.05) is 58.3 Å². The van der Waals surface area contributed by atoms with Crippen molar-refractivity contribution in [2.45, 2.75) is 122 Å². The molecule has 0 fully saturated rings. The van der Waals surface area contributed by atoms with Gasteiger partial charge in [-0.2, -0.15) is 0 Å². The van der Waals surface area contributed by atoms with Gasteiger partial charge >= 0.3 is 114 Å². The molecule has 0 aromatic heterocycles. The Hall–Kier alpha value is 0.890. The van der Waals surface area contributed by atoms with Crippen LogP contribution in [0.3, 0.4) is 0 Å². The zero-order valence-corrected chi connectivity index (χ0v) is 19.3. The molecule has 0 saturated heterocycles. The molecule has 3 nitrogen and oxygen atoms in total. The first-order valence-corrected chi connectivity index (χ1v) is 14.8. The van der Waals surface area contributed by atoms with E-state index in [4.69, 9.17) is 36.8 Å². The van der Waals surface area contributed by atoms with E-state index < -0.39 is 5.99 Å². The maximum absolute atomic E-state index is 9.12. The Bertz CT molecular complexity index is 300. The Morgan fingerprint density at radius 2 is 0.808 bits per heavy atom. The summed E-state index contributed by atoms with van der Waals surface area (Å²) in [6, 6.07) is 0. The van der Waals surface area contributed by atoms with Crippen molar-refractivity contribution in [3.63, 3.8) is 0 Å². The van der Waals surface area contributed by atoms with E-state index in [0.29, 0.717) is 0 Å². The van der Waals surface area contributed by atoms with Gasteiger partial charge < -0.3 is 0 Å². The van der Waals surface area contributed by atoms with Crippen molar-refractivity contribution in [1.29, 1.82) is 0 Å². The van der Waals surface area contributed by atoms with Crippen molar-refractivity contribution in [1.82, 2.24) is 0 Å². The molecule has 0 aliphatic carbocycles. The van der Waals surface area contributed by atoms with Crippen LogP contribution in [0.25, 0.3) is 0 Å². The topological polar surface area (TPSA) is 49.7 Å². The third kappa shape index (κ3) is 24.9. The van der Waals surface area contributed by atoms with Crippen LogP contribution in [-0.4, -0.2) is 16.4 Å². The normalized spacial score (nSPS) is 13.7. The van der Waals surface area contributed by atoms with E-state index >= 15 is 0 Å². The summed E-state index contributed by atoms with van der Waals surface area (Å²) < 4.78 is 4.72. The first kappa shape index (κ1) is 26.9. The molecule has 0 amide bonds. The van der Waals surface area contributed by atoms with Gasteiger partial charge in [-0.15, -0.1) is 0 Å². The number of hydrogen-bond donors (Lipinski definition) is 2. The Labute approximate surface area is 171 Å². The minimum atomic E-state index is -4.78. The van der Waals surface area contributed by atoms with Crippen molar-refractivity contribution in [2.75, 3.05) is 6.61 Å². The van der Waals surface area contributed by atoms with Crippen LogP contribution in [0.4, 0.5) is 0 Å². The summed E-state index contributed by atoms with van der Waals surface area (Å²) in [6.07, 6.45) is 23.7. The molecule has 0 aliphatic heterocycles. The summed E-state index contributed by atoms with van der Waals surface area (Å²) >= 11 is 10.5. The fourth-order valence-electron chi connectivity index (χ4n) is 3.22. The van der Waals surface area contributed by atoms with Gasteiger partial charge in [-0.05, 0) is 0 Å². The maximum atomic E-state index is 9.12. The Morgan fingerprint density at radius 1 is 0.538 bits per heavy atom. The predicted octanol–water partition coefficient (Wildman–Crippen LogP) is 8.64. The van der Waals surface area contributed by atoms with Crippen molar-refractivity contribution in [3.8, 4) is 0 Å². The molecule has 0 radical (unpaired) electrons. The summed E-state index contributed by atoms with van der Waals surface area (Å²) in [5.41, 5.74) is 0. The van der Waals surface area contributed by atoms with E-state index in [1.807, 2.05) is 0 Å². The number of hydrogen-bond acceptors (Lipinski definition) is 3. The molecule has 0 atom stereocenters. The van der Waals surface area contributed by atoms with Crippen LogP contribution in [0.5, 0.6) is 0 Å². The molecule has 0 spiro atoms. The summed E-state index contributed by atoms with van der Waals surface area (Å²) in [6.45, 7) is 2.48. The molecule has 160 valence electrons. The van der Waals surface area contributed by atoms with Crippen LogP contribution in [0, 0.1) is 0 Å². The number of rotatable bonds is 20. The van der Waals surface area contributed by atoms with Crippen molar-refractivity contribution in [3.05, 3.63) is 0 Å². The second-order valence-electron chi connectivity index (χ2n) is 7.60. The van der Waals surface area contributed by atoms with Gasteiger partial charge in [0.15, 0.2) is 0 Å². The molecule has 0 unspecified atom stereocenters. The van der Waals surface area contributed by atoms with E-state index in [9.17, 15) is 0 Å². The summed E-state index contributed by atoms with van der Waals surface area (Å²) in [5, 5.41) is 0. The van der Waals surface area contributed by atoms with E-state index in [1.165, 1.54) is 96.3 Å². The molecule has 0 rings (SSSR count). The van der Waals surface area contributed by atoms with Crippen LogP contribution in [-0.2, 0) is 4.52 Å². The molecule has 0 aromatic rings. The Kier molecular flexibility index (Phi) is 17.4. The first-order valence-electron chi connectivity index (χ1n) is 10.9. The predicted molar refractivity (Wildman–Crippen MR) is 118 cm³/mol. The number of unbranched alkanes of at least 4 members (excludes halogenated alkanes) is 17. The average molecular weight is 433 g/mol. The molecule has 26 heavy (non-hydrogen) atoms. The first-order chi connectivity index (χ1) is 12.3. The quantitative estimate of drug-likeness (QED) is 0.149. The van der Waals surface area contributed by atoms with Crippen molar-refractivity contribution < 1.29 is 14.3 Å². The Balaban J connectivity index is 3.07. The summed E-state index contributed by atoms with van der Waals surface area (Å²) in [5.74, 6) is -4.78. The molecule has 0 bridgehead atoms. The Morgan fingerprint density at radius 3 is 1.08 bits per heavy atom. The zero-order valence-electron chi connectivity index (χ0n) is 16.9. The van der Waals surface area contributed by atoms with Gasteiger partial charge in [-0.25, -0.2) is 0 Å². The second-order valence-corrected chi connectivity index (χ2v) is 13.5. The number of halogens is 2. The van der Waals surface area contributed by atoms with Gasteiger partial charge in [-0.3, -0.25) is 0 Å².